The van der Waals surface area contributed by atoms with Gasteiger partial charge in [-0.2, -0.15) is 0 Å². The van der Waals surface area contributed by atoms with E-state index in [4.69, 9.17) is 10.5 Å². The normalized spacial score (nSPS) is 10.1. The number of hydrogen-bond donors (Lipinski definition) is 1. The largest absolute Gasteiger partial charge is 0.439 e. The van der Waals surface area contributed by atoms with E-state index >= 15 is 0 Å². The Kier molecular flexibility index (Phi) is 3.05. The van der Waals surface area contributed by atoms with Crippen molar-refractivity contribution in [3.63, 3.8) is 0 Å². The van der Waals surface area contributed by atoms with Gasteiger partial charge >= 0.3 is 0 Å². The zero-order valence-corrected chi connectivity index (χ0v) is 9.53. The van der Waals surface area contributed by atoms with E-state index in [1.807, 2.05) is 0 Å². The molecule has 18 heavy (non-hydrogen) atoms. The molecule has 92 valence electrons. The monoisotopic (exact) mass is 246 g/mol. The highest BCUT2D eigenvalue weighted by atomic mass is 16.6. The van der Waals surface area contributed by atoms with Gasteiger partial charge in [-0.1, -0.05) is 0 Å². The van der Waals surface area contributed by atoms with Gasteiger partial charge in [0.25, 0.3) is 5.69 Å². The number of nitrogens with two attached hydrogens (primary N) is 1. The smallest absolute Gasteiger partial charge is 0.272 e. The van der Waals surface area contributed by atoms with Crippen LogP contribution >= 0.6 is 0 Å². The van der Waals surface area contributed by atoms with Crippen LogP contribution in [0.4, 0.5) is 11.5 Å². The molecule has 0 aliphatic heterocycles. The molecular weight excluding hydrogens is 236 g/mol. The first-order valence-electron chi connectivity index (χ1n) is 5.06. The van der Waals surface area contributed by atoms with Crippen LogP contribution in [0.25, 0.3) is 0 Å². The summed E-state index contributed by atoms with van der Waals surface area (Å²) in [4.78, 5) is 17.8. The summed E-state index contributed by atoms with van der Waals surface area (Å²) in [6.07, 6.45) is 1.28. The number of nitro groups is 1. The Labute approximate surface area is 102 Å². The maximum atomic E-state index is 10.7. The topological polar surface area (TPSA) is 104 Å². The molecule has 2 N–H and O–H groups in total. The second kappa shape index (κ2) is 4.66. The molecule has 0 spiro atoms. The summed E-state index contributed by atoms with van der Waals surface area (Å²) in [5, 5.41) is 10.7. The van der Waals surface area contributed by atoms with Gasteiger partial charge in [0.2, 0.25) is 5.88 Å². The Balaban J connectivity index is 2.25. The number of benzene rings is 1. The molecule has 0 saturated heterocycles. The van der Waals surface area contributed by atoms with Crippen LogP contribution in [0.2, 0.25) is 0 Å². The first-order chi connectivity index (χ1) is 8.56. The molecule has 1 aromatic carbocycles. The Morgan fingerprint density at radius 2 is 2.11 bits per heavy atom. The van der Waals surface area contributed by atoms with Crippen molar-refractivity contribution in [3.05, 3.63) is 46.3 Å². The molecule has 0 fully saturated rings. The lowest BCUT2D eigenvalue weighted by molar-refractivity contribution is -0.385. The van der Waals surface area contributed by atoms with Crippen molar-refractivity contribution in [2.45, 2.75) is 6.92 Å². The molecule has 0 atom stereocenters. The summed E-state index contributed by atoms with van der Waals surface area (Å²) < 4.78 is 5.42. The number of nitrogens with zero attached hydrogens (tertiary/aromatic N) is 3. The molecule has 0 radical (unpaired) electrons. The fourth-order valence-corrected chi connectivity index (χ4v) is 1.43. The van der Waals surface area contributed by atoms with E-state index in [1.54, 1.807) is 13.0 Å². The molecule has 0 aliphatic rings. The van der Waals surface area contributed by atoms with Gasteiger partial charge in [-0.05, 0) is 19.1 Å². The van der Waals surface area contributed by atoms with Gasteiger partial charge in [-0.15, -0.1) is 0 Å². The number of hydrogen-bond acceptors (Lipinski definition) is 6. The van der Waals surface area contributed by atoms with Gasteiger partial charge in [0.05, 0.1) is 4.92 Å². The van der Waals surface area contributed by atoms with Crippen molar-refractivity contribution in [3.8, 4) is 11.6 Å². The van der Waals surface area contributed by atoms with Crippen LogP contribution in [0.3, 0.4) is 0 Å². The van der Waals surface area contributed by atoms with Crippen molar-refractivity contribution < 1.29 is 9.66 Å². The molecule has 0 bridgehead atoms. The van der Waals surface area contributed by atoms with Crippen LogP contribution in [0.1, 0.15) is 5.56 Å². The number of aromatic nitrogens is 2. The van der Waals surface area contributed by atoms with Gasteiger partial charge in [0.1, 0.15) is 17.9 Å². The zero-order chi connectivity index (χ0) is 13.1. The third-order valence-electron chi connectivity index (χ3n) is 2.25. The maximum Gasteiger partial charge on any atom is 0.272 e. The molecule has 7 heteroatoms. The molecule has 2 aromatic rings. The molecule has 0 saturated carbocycles. The zero-order valence-electron chi connectivity index (χ0n) is 9.53. The van der Waals surface area contributed by atoms with E-state index < -0.39 is 4.92 Å². The predicted molar refractivity (Wildman–Crippen MR) is 64.4 cm³/mol. The van der Waals surface area contributed by atoms with E-state index in [0.717, 1.165) is 0 Å². The predicted octanol–water partition coefficient (Wildman–Crippen LogP) is 2.07. The van der Waals surface area contributed by atoms with Gasteiger partial charge < -0.3 is 10.5 Å². The van der Waals surface area contributed by atoms with Crippen LogP contribution < -0.4 is 10.5 Å². The lowest BCUT2D eigenvalue weighted by Gasteiger charge is -2.05. The van der Waals surface area contributed by atoms with E-state index in [2.05, 4.69) is 9.97 Å². The molecule has 2 rings (SSSR count). The minimum atomic E-state index is -0.443. The van der Waals surface area contributed by atoms with Crippen molar-refractivity contribution in [1.82, 2.24) is 9.97 Å². The van der Waals surface area contributed by atoms with Crippen LogP contribution in [0.15, 0.2) is 30.6 Å². The van der Waals surface area contributed by atoms with Crippen LogP contribution in [0, 0.1) is 17.0 Å². The average molecular weight is 246 g/mol. The summed E-state index contributed by atoms with van der Waals surface area (Å²) in [6.45, 7) is 1.64. The number of aryl methyl sites for hydroxylation is 1. The Morgan fingerprint density at radius 1 is 1.33 bits per heavy atom. The highest BCUT2D eigenvalue weighted by Crippen LogP contribution is 2.26. The second-order valence-electron chi connectivity index (χ2n) is 3.59. The SMILES string of the molecule is Cc1cc(Oc2cc(N)ncn2)ccc1[N+](=O)[O-]. The fraction of sp³-hybridized carbons (Fsp3) is 0.0909. The number of nitro benzene ring substituents is 1. The summed E-state index contributed by atoms with van der Waals surface area (Å²) in [7, 11) is 0. The third kappa shape index (κ3) is 2.51. The van der Waals surface area contributed by atoms with E-state index in [9.17, 15) is 10.1 Å². The maximum absolute atomic E-state index is 10.7. The van der Waals surface area contributed by atoms with Crippen LogP contribution in [-0.2, 0) is 0 Å². The number of anilines is 1. The Bertz CT molecular complexity index is 601. The van der Waals surface area contributed by atoms with E-state index in [-0.39, 0.29) is 11.6 Å². The Hall–Kier alpha value is -2.70. The molecule has 0 aliphatic carbocycles. The number of nitrogen functional groups attached to an aromatic ring is 1. The first-order valence-corrected chi connectivity index (χ1v) is 5.06. The highest BCUT2D eigenvalue weighted by Gasteiger charge is 2.11. The van der Waals surface area contributed by atoms with E-state index in [0.29, 0.717) is 17.1 Å². The van der Waals surface area contributed by atoms with Crippen LogP contribution in [0.5, 0.6) is 11.6 Å². The minimum absolute atomic E-state index is 0.0459. The summed E-state index contributed by atoms with van der Waals surface area (Å²) in [5.74, 6) is 1.03. The lowest BCUT2D eigenvalue weighted by Crippen LogP contribution is -1.95. The van der Waals surface area contributed by atoms with Crippen LogP contribution in [-0.4, -0.2) is 14.9 Å². The van der Waals surface area contributed by atoms with Gasteiger partial charge in [0.15, 0.2) is 0 Å². The number of rotatable bonds is 3. The van der Waals surface area contributed by atoms with Crippen molar-refractivity contribution >= 4 is 11.5 Å². The van der Waals surface area contributed by atoms with E-state index in [1.165, 1.54) is 24.5 Å². The standard InChI is InChI=1S/C11H10N4O3/c1-7-4-8(2-3-9(7)15(16)17)18-11-5-10(12)13-6-14-11/h2-6H,1H3,(H2,12,13,14). The molecule has 0 amide bonds. The summed E-state index contributed by atoms with van der Waals surface area (Å²) >= 11 is 0. The second-order valence-corrected chi connectivity index (χ2v) is 3.59. The average Bonchev–Trinajstić information content (AvgIpc) is 2.28. The van der Waals surface area contributed by atoms with Gasteiger partial charge in [0, 0.05) is 17.7 Å². The van der Waals surface area contributed by atoms with Crippen molar-refractivity contribution in [2.24, 2.45) is 0 Å². The number of ether oxygens (including phenoxy) is 1. The first kappa shape index (κ1) is 11.8. The molecular formula is C11H10N4O3. The minimum Gasteiger partial charge on any atom is -0.439 e. The lowest BCUT2D eigenvalue weighted by atomic mass is 10.2. The Morgan fingerprint density at radius 3 is 2.72 bits per heavy atom. The highest BCUT2D eigenvalue weighted by molar-refractivity contribution is 5.45. The third-order valence-corrected chi connectivity index (χ3v) is 2.25. The van der Waals surface area contributed by atoms with Crippen molar-refractivity contribution in [1.29, 1.82) is 0 Å². The quantitative estimate of drug-likeness (QED) is 0.656. The summed E-state index contributed by atoms with van der Waals surface area (Å²) in [5.41, 5.74) is 6.04. The van der Waals surface area contributed by atoms with Gasteiger partial charge in [-0.3, -0.25) is 10.1 Å². The van der Waals surface area contributed by atoms with Crippen molar-refractivity contribution in [2.75, 3.05) is 5.73 Å². The summed E-state index contributed by atoms with van der Waals surface area (Å²) in [6, 6.07) is 5.92. The molecule has 1 aromatic heterocycles. The molecule has 0 unspecified atom stereocenters. The molecule has 1 heterocycles. The van der Waals surface area contributed by atoms with Gasteiger partial charge in [-0.25, -0.2) is 9.97 Å². The molecule has 7 nitrogen and oxygen atoms in total. The fourth-order valence-electron chi connectivity index (χ4n) is 1.43.